The maximum absolute atomic E-state index is 12.2. The van der Waals surface area contributed by atoms with E-state index >= 15 is 0 Å². The summed E-state index contributed by atoms with van der Waals surface area (Å²) in [6, 6.07) is 4.48. The molecule has 1 N–H and O–H groups in total. The summed E-state index contributed by atoms with van der Waals surface area (Å²) in [7, 11) is -2.85. The summed E-state index contributed by atoms with van der Waals surface area (Å²) < 4.78 is 30.8. The van der Waals surface area contributed by atoms with Gasteiger partial charge in [-0.2, -0.15) is 0 Å². The smallest absolute Gasteiger partial charge is 0.358 e. The highest BCUT2D eigenvalue weighted by Gasteiger charge is 2.26. The summed E-state index contributed by atoms with van der Waals surface area (Å²) in [5.74, 6) is -0.785. The molecule has 2 heterocycles. The third kappa shape index (κ3) is 3.06. The number of ether oxygens (including phenoxy) is 1. The van der Waals surface area contributed by atoms with Crippen LogP contribution in [0.1, 0.15) is 10.5 Å². The molecular weight excluding hydrogens is 326 g/mol. The summed E-state index contributed by atoms with van der Waals surface area (Å²) in [6.07, 6.45) is 0. The number of hydrogen-bond acceptors (Lipinski definition) is 7. The molecule has 0 spiro atoms. The van der Waals surface area contributed by atoms with E-state index in [4.69, 9.17) is 11.6 Å². The van der Waals surface area contributed by atoms with E-state index in [0.29, 0.717) is 0 Å². The Morgan fingerprint density at radius 2 is 2.20 bits per heavy atom. The highest BCUT2D eigenvalue weighted by molar-refractivity contribution is 7.94. The molecule has 0 saturated carbocycles. The lowest BCUT2D eigenvalue weighted by atomic mass is 10.5. The largest absolute Gasteiger partial charge is 0.464 e. The second kappa shape index (κ2) is 5.73. The zero-order valence-corrected chi connectivity index (χ0v) is 12.4. The van der Waals surface area contributed by atoms with Gasteiger partial charge in [0.25, 0.3) is 10.0 Å². The normalized spacial score (nSPS) is 11.1. The van der Waals surface area contributed by atoms with Crippen LogP contribution in [0.5, 0.6) is 0 Å². The maximum Gasteiger partial charge on any atom is 0.358 e. The van der Waals surface area contributed by atoms with Crippen LogP contribution in [0.15, 0.2) is 27.9 Å². The molecule has 10 heteroatoms. The molecule has 0 unspecified atom stereocenters. The van der Waals surface area contributed by atoms with E-state index in [1.54, 1.807) is 6.07 Å². The van der Waals surface area contributed by atoms with Gasteiger partial charge < -0.3 is 4.74 Å². The Bertz CT molecular complexity index is 744. The molecule has 0 amide bonds. The van der Waals surface area contributed by atoms with Crippen molar-refractivity contribution in [3.05, 3.63) is 34.6 Å². The molecule has 2 aromatic rings. The second-order valence-corrected chi connectivity index (χ2v) is 6.55. The predicted octanol–water partition coefficient (Wildman–Crippen LogP) is 1.78. The van der Waals surface area contributed by atoms with Gasteiger partial charge in [-0.3, -0.25) is 4.72 Å². The van der Waals surface area contributed by atoms with E-state index in [0.717, 1.165) is 18.4 Å². The van der Waals surface area contributed by atoms with Crippen LogP contribution in [0, 0.1) is 0 Å². The summed E-state index contributed by atoms with van der Waals surface area (Å²) >= 11 is 6.47. The van der Waals surface area contributed by atoms with Gasteiger partial charge in [0.2, 0.25) is 0 Å². The summed E-state index contributed by atoms with van der Waals surface area (Å²) in [5.41, 5.74) is 0.971. The fourth-order valence-corrected chi connectivity index (χ4v) is 3.61. The lowest BCUT2D eigenvalue weighted by molar-refractivity contribution is 0.0590. The molecule has 0 saturated heterocycles. The van der Waals surface area contributed by atoms with Gasteiger partial charge in [-0.25, -0.2) is 23.2 Å². The van der Waals surface area contributed by atoms with Gasteiger partial charge in [-0.05, 0) is 12.1 Å². The number of aromatic nitrogens is 2. The molecule has 0 bridgehead atoms. The number of halogens is 1. The van der Waals surface area contributed by atoms with Crippen LogP contribution in [-0.4, -0.2) is 31.5 Å². The quantitative estimate of drug-likeness (QED) is 0.676. The van der Waals surface area contributed by atoms with Gasteiger partial charge in [-0.15, -0.1) is 11.3 Å². The molecule has 2 rings (SSSR count). The number of nitrogens with zero attached hydrogens (tertiary/aromatic N) is 2. The van der Waals surface area contributed by atoms with Crippen LogP contribution < -0.4 is 4.72 Å². The van der Waals surface area contributed by atoms with Crippen molar-refractivity contribution in [1.29, 1.82) is 0 Å². The molecule has 0 aromatic carbocycles. The zero-order valence-electron chi connectivity index (χ0n) is 10.0. The fourth-order valence-electron chi connectivity index (χ4n) is 1.31. The number of nitrogens with one attached hydrogen (secondary N) is 1. The molecule has 0 aliphatic carbocycles. The number of pyridine rings is 1. The van der Waals surface area contributed by atoms with Crippen molar-refractivity contribution < 1.29 is 17.9 Å². The van der Waals surface area contributed by atoms with Crippen molar-refractivity contribution in [2.45, 2.75) is 4.21 Å². The van der Waals surface area contributed by atoms with E-state index in [1.807, 2.05) is 0 Å². The number of carbonyl (C=O) groups excluding carboxylic acids is 1. The molecule has 0 aliphatic rings. The Balaban J connectivity index is 2.36. The van der Waals surface area contributed by atoms with E-state index in [1.165, 1.54) is 17.6 Å². The summed E-state index contributed by atoms with van der Waals surface area (Å²) in [4.78, 5) is 18.9. The van der Waals surface area contributed by atoms with E-state index in [9.17, 15) is 13.2 Å². The summed E-state index contributed by atoms with van der Waals surface area (Å²) in [5, 5.41) is 0.141. The minimum absolute atomic E-state index is 0.0433. The standard InChI is InChI=1S/C10H8ClN3O4S2/c1-18-9(15)8-10(19-5-12-8)20(16,17)14-7-4-2-3-6(11)13-7/h2-5H,1H3,(H,13,14). The number of methoxy groups -OCH3 is 1. The Labute approximate surface area is 123 Å². The van der Waals surface area contributed by atoms with Crippen LogP contribution in [0.4, 0.5) is 5.82 Å². The van der Waals surface area contributed by atoms with Gasteiger partial charge in [0.1, 0.15) is 11.0 Å². The molecule has 20 heavy (non-hydrogen) atoms. The minimum Gasteiger partial charge on any atom is -0.464 e. The van der Waals surface area contributed by atoms with Crippen LogP contribution in [0.25, 0.3) is 0 Å². The molecular formula is C10H8ClN3O4S2. The van der Waals surface area contributed by atoms with Crippen molar-refractivity contribution in [2.24, 2.45) is 0 Å². The van der Waals surface area contributed by atoms with Gasteiger partial charge in [-0.1, -0.05) is 17.7 Å². The van der Waals surface area contributed by atoms with E-state index < -0.39 is 16.0 Å². The maximum atomic E-state index is 12.2. The molecule has 0 fully saturated rings. The van der Waals surface area contributed by atoms with Crippen LogP contribution in [-0.2, 0) is 14.8 Å². The number of anilines is 1. The Hall–Kier alpha value is -1.71. The highest BCUT2D eigenvalue weighted by atomic mass is 35.5. The molecule has 0 atom stereocenters. The van der Waals surface area contributed by atoms with Gasteiger partial charge in [0.15, 0.2) is 9.90 Å². The first kappa shape index (κ1) is 14.7. The first-order chi connectivity index (χ1) is 9.44. The van der Waals surface area contributed by atoms with Gasteiger partial charge in [0, 0.05) is 0 Å². The monoisotopic (exact) mass is 333 g/mol. The number of thiazole rings is 1. The summed E-state index contributed by atoms with van der Waals surface area (Å²) in [6.45, 7) is 0. The molecule has 7 nitrogen and oxygen atoms in total. The van der Waals surface area contributed by atoms with Gasteiger partial charge >= 0.3 is 5.97 Å². The molecule has 0 radical (unpaired) electrons. The Morgan fingerprint density at radius 1 is 1.45 bits per heavy atom. The van der Waals surface area contributed by atoms with Crippen LogP contribution in [0.2, 0.25) is 5.15 Å². The lowest BCUT2D eigenvalue weighted by Gasteiger charge is -2.06. The first-order valence-electron chi connectivity index (χ1n) is 5.11. The predicted molar refractivity (Wildman–Crippen MR) is 73.5 cm³/mol. The lowest BCUT2D eigenvalue weighted by Crippen LogP contribution is -2.16. The molecule has 106 valence electrons. The zero-order chi connectivity index (χ0) is 14.8. The number of carbonyl (C=O) groups is 1. The van der Waals surface area contributed by atoms with E-state index in [2.05, 4.69) is 19.4 Å². The third-order valence-electron chi connectivity index (χ3n) is 2.11. The second-order valence-electron chi connectivity index (χ2n) is 3.43. The number of hydrogen-bond donors (Lipinski definition) is 1. The SMILES string of the molecule is COC(=O)c1ncsc1S(=O)(=O)Nc1cccc(Cl)n1. The Kier molecular flexibility index (Phi) is 4.21. The minimum atomic E-state index is -3.99. The molecule has 0 aliphatic heterocycles. The van der Waals surface area contributed by atoms with E-state index in [-0.39, 0.29) is 20.9 Å². The van der Waals surface area contributed by atoms with Crippen molar-refractivity contribution in [3.8, 4) is 0 Å². The van der Waals surface area contributed by atoms with Crippen molar-refractivity contribution >= 4 is 44.7 Å². The van der Waals surface area contributed by atoms with Crippen molar-refractivity contribution in [2.75, 3.05) is 11.8 Å². The number of rotatable bonds is 4. The van der Waals surface area contributed by atoms with Gasteiger partial charge in [0.05, 0.1) is 12.6 Å². The van der Waals surface area contributed by atoms with Crippen molar-refractivity contribution in [3.63, 3.8) is 0 Å². The third-order valence-corrected chi connectivity index (χ3v) is 5.05. The number of esters is 1. The average Bonchev–Trinajstić information content (AvgIpc) is 2.87. The molecule has 2 aromatic heterocycles. The van der Waals surface area contributed by atoms with Crippen LogP contribution >= 0.6 is 22.9 Å². The van der Waals surface area contributed by atoms with Crippen LogP contribution in [0.3, 0.4) is 0 Å². The fraction of sp³-hybridized carbons (Fsp3) is 0.100. The van der Waals surface area contributed by atoms with Crippen molar-refractivity contribution in [1.82, 2.24) is 9.97 Å². The topological polar surface area (TPSA) is 98.2 Å². The first-order valence-corrected chi connectivity index (χ1v) is 7.85. The highest BCUT2D eigenvalue weighted by Crippen LogP contribution is 2.23. The number of sulfonamides is 1. The Morgan fingerprint density at radius 3 is 2.85 bits per heavy atom. The average molecular weight is 334 g/mol.